The van der Waals surface area contributed by atoms with Gasteiger partial charge in [0.15, 0.2) is 0 Å². The number of methoxy groups -OCH3 is 1. The smallest absolute Gasteiger partial charge is 0.339 e. The van der Waals surface area contributed by atoms with Crippen LogP contribution in [0.25, 0.3) is 0 Å². The van der Waals surface area contributed by atoms with Crippen molar-refractivity contribution < 1.29 is 44.0 Å². The number of aromatic hydroxyl groups is 2. The minimum atomic E-state index is -1.70. The number of hydrogen-bond donors (Lipinski definition) is 4. The second kappa shape index (κ2) is 14.1. The molecule has 4 aliphatic rings. The lowest BCUT2D eigenvalue weighted by molar-refractivity contribution is -0.138. The van der Waals surface area contributed by atoms with Gasteiger partial charge >= 0.3 is 5.97 Å². The number of halogens is 2. The van der Waals surface area contributed by atoms with Gasteiger partial charge in [0.05, 0.1) is 46.7 Å². The molecule has 3 fully saturated rings. The number of ether oxygens (including phenoxy) is 1. The molecule has 4 N–H and O–H groups in total. The summed E-state index contributed by atoms with van der Waals surface area (Å²) in [7, 11) is 1.51. The quantitative estimate of drug-likeness (QED) is 0.102. The zero-order valence-corrected chi connectivity index (χ0v) is 31.8. The summed E-state index contributed by atoms with van der Waals surface area (Å²) in [5.74, 6) is -8.77. The van der Waals surface area contributed by atoms with E-state index < -0.39 is 75.9 Å². The average molecular weight is 809 g/mol. The number of carbonyl (C=O) groups excluding carboxylic acids is 4. The number of carboxylic acid groups (broad SMARTS) is 1. The third kappa shape index (κ3) is 5.68. The monoisotopic (exact) mass is 807 g/mol. The van der Waals surface area contributed by atoms with Gasteiger partial charge in [0, 0.05) is 22.6 Å². The molecular formula is C43H35Cl2N3O9. The van der Waals surface area contributed by atoms with Crippen LogP contribution < -0.4 is 15.1 Å². The number of nitrogens with one attached hydrogen (secondary N) is 1. The normalized spacial score (nSPS) is 25.1. The summed E-state index contributed by atoms with van der Waals surface area (Å²) >= 11 is 12.7. The van der Waals surface area contributed by atoms with E-state index in [-0.39, 0.29) is 35.0 Å². The van der Waals surface area contributed by atoms with Gasteiger partial charge < -0.3 is 20.1 Å². The third-order valence-electron chi connectivity index (χ3n) is 11.9. The van der Waals surface area contributed by atoms with E-state index in [1.165, 1.54) is 19.2 Å². The summed E-state index contributed by atoms with van der Waals surface area (Å²) in [6, 6.07) is 20.1. The zero-order chi connectivity index (χ0) is 40.5. The molecule has 57 heavy (non-hydrogen) atoms. The molecule has 12 nitrogen and oxygen atoms in total. The van der Waals surface area contributed by atoms with Crippen LogP contribution in [0.5, 0.6) is 17.2 Å². The van der Waals surface area contributed by atoms with Crippen molar-refractivity contribution in [3.05, 3.63) is 135 Å². The first kappa shape index (κ1) is 37.8. The number of rotatable bonds is 9. The van der Waals surface area contributed by atoms with Crippen molar-refractivity contribution in [2.24, 2.45) is 23.7 Å². The van der Waals surface area contributed by atoms with E-state index >= 15 is 9.59 Å². The number of para-hydroxylation sites is 1. The predicted octanol–water partition coefficient (Wildman–Crippen LogP) is 7.03. The molecule has 6 unspecified atom stereocenters. The number of amides is 4. The van der Waals surface area contributed by atoms with Crippen LogP contribution in [0.15, 0.2) is 103 Å². The fourth-order valence-electron chi connectivity index (χ4n) is 9.45. The third-order valence-corrected chi connectivity index (χ3v) is 12.4. The van der Waals surface area contributed by atoms with Crippen molar-refractivity contribution >= 4 is 64.2 Å². The van der Waals surface area contributed by atoms with E-state index in [0.717, 1.165) is 22.0 Å². The van der Waals surface area contributed by atoms with Crippen LogP contribution in [0.1, 0.15) is 45.8 Å². The molecule has 4 aromatic rings. The van der Waals surface area contributed by atoms with Gasteiger partial charge in [0.2, 0.25) is 11.8 Å². The Morgan fingerprint density at radius 2 is 1.72 bits per heavy atom. The highest BCUT2D eigenvalue weighted by Crippen LogP contribution is 2.65. The second-order valence-corrected chi connectivity index (χ2v) is 15.4. The number of phenols is 2. The number of nitrogens with zero attached hydrogens (tertiary/aromatic N) is 2. The predicted molar refractivity (Wildman–Crippen MR) is 210 cm³/mol. The number of fused-ring (bicyclic) bond motifs is 4. The van der Waals surface area contributed by atoms with Crippen LogP contribution in [0.3, 0.4) is 0 Å². The number of imide groups is 2. The molecule has 2 aliphatic heterocycles. The Morgan fingerprint density at radius 3 is 2.39 bits per heavy atom. The highest BCUT2D eigenvalue weighted by molar-refractivity contribution is 6.36. The Morgan fingerprint density at radius 1 is 0.965 bits per heavy atom. The van der Waals surface area contributed by atoms with E-state index in [0.29, 0.717) is 39.5 Å². The van der Waals surface area contributed by atoms with E-state index in [1.54, 1.807) is 60.7 Å². The Bertz CT molecular complexity index is 2450. The molecule has 14 heteroatoms. The van der Waals surface area contributed by atoms with Gasteiger partial charge in [-0.05, 0) is 78.8 Å². The summed E-state index contributed by atoms with van der Waals surface area (Å²) < 4.78 is 5.46. The standard InChI is InChI=1S/C43H35Cl2N3O9/c1-3-5-21-6-4-7-29(37(21)50)36-26-15-16-28-35(40(53)47(38(28)51)24-11-14-27(41(54)55)34(49)19-24)30(26)20-31-39(52)48(46-33-17-10-23(44)18-32(33)45)42(56)43(31,36)22-8-12-25(57-2)13-9-22/h3-4,6-15,17-19,28,30-31,35-36,46,49-50H,1,5,16,20H2,2H3,(H,54,55). The summed E-state index contributed by atoms with van der Waals surface area (Å²) in [5.41, 5.74) is 3.03. The van der Waals surface area contributed by atoms with Crippen molar-refractivity contribution in [3.8, 4) is 17.2 Å². The minimum absolute atomic E-state index is 0.000462. The molecule has 4 aromatic carbocycles. The number of anilines is 2. The number of benzene rings is 4. The lowest BCUT2D eigenvalue weighted by atomic mass is 9.49. The first-order valence-corrected chi connectivity index (χ1v) is 18.9. The number of aromatic carboxylic acids is 1. The van der Waals surface area contributed by atoms with Crippen molar-refractivity contribution in [1.82, 2.24) is 5.01 Å². The lowest BCUT2D eigenvalue weighted by Crippen LogP contribution is -2.53. The fraction of sp³-hybridized carbons (Fsp3) is 0.233. The summed E-state index contributed by atoms with van der Waals surface area (Å²) in [5, 5.41) is 33.5. The van der Waals surface area contributed by atoms with Crippen molar-refractivity contribution in [2.75, 3.05) is 17.4 Å². The molecule has 2 saturated heterocycles. The van der Waals surface area contributed by atoms with Gasteiger partial charge in [0.25, 0.3) is 11.8 Å². The molecule has 4 amide bonds. The molecule has 0 bridgehead atoms. The van der Waals surface area contributed by atoms with E-state index in [2.05, 4.69) is 12.0 Å². The Hall–Kier alpha value is -6.11. The summed E-state index contributed by atoms with van der Waals surface area (Å²) in [6.45, 7) is 3.84. The number of phenolic OH excluding ortho intramolecular Hbond substituents is 1. The van der Waals surface area contributed by atoms with Gasteiger partial charge in [0.1, 0.15) is 22.8 Å². The molecule has 2 heterocycles. The maximum absolute atomic E-state index is 15.5. The molecule has 0 radical (unpaired) electrons. The van der Waals surface area contributed by atoms with Gasteiger partial charge in [-0.1, -0.05) is 71.3 Å². The molecule has 2 aliphatic carbocycles. The van der Waals surface area contributed by atoms with Gasteiger partial charge in [-0.2, -0.15) is 5.01 Å². The van der Waals surface area contributed by atoms with Crippen LogP contribution in [0, 0.1) is 23.7 Å². The average Bonchev–Trinajstić information content (AvgIpc) is 3.57. The largest absolute Gasteiger partial charge is 0.507 e. The molecule has 1 saturated carbocycles. The fourth-order valence-corrected chi connectivity index (χ4v) is 9.90. The number of hydrazine groups is 1. The van der Waals surface area contributed by atoms with E-state index in [9.17, 15) is 29.7 Å². The van der Waals surface area contributed by atoms with Crippen LogP contribution in [0.4, 0.5) is 11.4 Å². The highest BCUT2D eigenvalue weighted by atomic mass is 35.5. The Balaban J connectivity index is 1.33. The topological polar surface area (TPSA) is 174 Å². The summed E-state index contributed by atoms with van der Waals surface area (Å²) in [6.07, 6.45) is 3.84. The number of carboxylic acids is 1. The van der Waals surface area contributed by atoms with Crippen molar-refractivity contribution in [1.29, 1.82) is 0 Å². The van der Waals surface area contributed by atoms with Gasteiger partial charge in [-0.25, -0.2) is 9.69 Å². The SMILES string of the molecule is C=CCc1cccc(C2C3=CCC4C(=O)N(c5ccc(C(=O)O)c(O)c5)C(=O)C4C3CC3C(=O)N(Nc4ccc(Cl)cc4Cl)C(=O)C32c2ccc(OC)cc2)c1O. The van der Waals surface area contributed by atoms with E-state index in [1.807, 2.05) is 6.08 Å². The van der Waals surface area contributed by atoms with Crippen LogP contribution >= 0.6 is 23.2 Å². The van der Waals surface area contributed by atoms with E-state index in [4.69, 9.17) is 27.9 Å². The molecule has 0 aromatic heterocycles. The first-order valence-electron chi connectivity index (χ1n) is 18.1. The number of hydrogen-bond acceptors (Lipinski definition) is 9. The number of carbonyl (C=O) groups is 5. The van der Waals surface area contributed by atoms with Crippen LogP contribution in [-0.2, 0) is 31.0 Å². The number of allylic oxidation sites excluding steroid dienone is 3. The molecule has 8 rings (SSSR count). The van der Waals surface area contributed by atoms with Crippen LogP contribution in [0.2, 0.25) is 10.0 Å². The van der Waals surface area contributed by atoms with Crippen LogP contribution in [-0.4, -0.2) is 57.0 Å². The van der Waals surface area contributed by atoms with Crippen molar-refractivity contribution in [3.63, 3.8) is 0 Å². The molecule has 0 spiro atoms. The first-order chi connectivity index (χ1) is 27.3. The minimum Gasteiger partial charge on any atom is -0.507 e. The van der Waals surface area contributed by atoms with Gasteiger partial charge in [-0.3, -0.25) is 24.6 Å². The maximum atomic E-state index is 15.5. The second-order valence-electron chi connectivity index (χ2n) is 14.6. The van der Waals surface area contributed by atoms with Crippen molar-refractivity contribution in [2.45, 2.75) is 30.6 Å². The Kier molecular flexibility index (Phi) is 9.36. The Labute approximate surface area is 336 Å². The lowest BCUT2D eigenvalue weighted by Gasteiger charge is -2.50. The highest BCUT2D eigenvalue weighted by Gasteiger charge is 2.70. The van der Waals surface area contributed by atoms with Gasteiger partial charge in [-0.15, -0.1) is 6.58 Å². The zero-order valence-electron chi connectivity index (χ0n) is 30.3. The molecule has 290 valence electrons. The summed E-state index contributed by atoms with van der Waals surface area (Å²) in [4.78, 5) is 71.8. The maximum Gasteiger partial charge on any atom is 0.339 e. The molecule has 6 atom stereocenters. The molecular weight excluding hydrogens is 773 g/mol.